The minimum Gasteiger partial charge on any atom is -0.481 e. The fraction of sp³-hybridized carbons (Fsp3) is 0.231. The molecule has 0 amide bonds. The Balaban J connectivity index is 2.26. The van der Waals surface area contributed by atoms with Crippen LogP contribution in [0.1, 0.15) is 17.8 Å². The zero-order chi connectivity index (χ0) is 13.1. The molecule has 2 aromatic rings. The molecule has 0 fully saturated rings. The van der Waals surface area contributed by atoms with Crippen LogP contribution in [0.2, 0.25) is 0 Å². The molecule has 5 heteroatoms. The van der Waals surface area contributed by atoms with Crippen LogP contribution < -0.4 is 0 Å². The van der Waals surface area contributed by atoms with Gasteiger partial charge in [-0.05, 0) is 31.2 Å². The van der Waals surface area contributed by atoms with Gasteiger partial charge in [0.15, 0.2) is 0 Å². The molecule has 0 saturated carbocycles. The highest BCUT2D eigenvalue weighted by molar-refractivity contribution is 5.66. The van der Waals surface area contributed by atoms with Gasteiger partial charge >= 0.3 is 5.97 Å². The molecule has 0 aliphatic rings. The zero-order valence-corrected chi connectivity index (χ0v) is 9.93. The van der Waals surface area contributed by atoms with Gasteiger partial charge in [0, 0.05) is 12.1 Å². The summed E-state index contributed by atoms with van der Waals surface area (Å²) >= 11 is 0. The summed E-state index contributed by atoms with van der Waals surface area (Å²) in [5.74, 6) is -1.18. The van der Waals surface area contributed by atoms with Gasteiger partial charge in [-0.25, -0.2) is 9.07 Å². The number of carboxylic acid groups (broad SMARTS) is 1. The fourth-order valence-electron chi connectivity index (χ4n) is 1.76. The third kappa shape index (κ3) is 2.74. The van der Waals surface area contributed by atoms with Gasteiger partial charge in [-0.2, -0.15) is 5.10 Å². The van der Waals surface area contributed by atoms with E-state index in [1.54, 1.807) is 16.8 Å². The predicted molar refractivity (Wildman–Crippen MR) is 64.2 cm³/mol. The Morgan fingerprint density at radius 2 is 2.22 bits per heavy atom. The van der Waals surface area contributed by atoms with E-state index in [1.165, 1.54) is 12.1 Å². The van der Waals surface area contributed by atoms with Gasteiger partial charge < -0.3 is 5.11 Å². The third-order valence-corrected chi connectivity index (χ3v) is 2.59. The van der Waals surface area contributed by atoms with Crippen LogP contribution in [0.15, 0.2) is 30.3 Å². The van der Waals surface area contributed by atoms with E-state index in [0.717, 1.165) is 5.69 Å². The molecule has 18 heavy (non-hydrogen) atoms. The number of rotatable bonds is 4. The molecular formula is C13H13FN2O2. The highest BCUT2D eigenvalue weighted by Gasteiger charge is 2.08. The van der Waals surface area contributed by atoms with Crippen molar-refractivity contribution in [2.75, 3.05) is 0 Å². The molecule has 0 spiro atoms. The molecule has 4 nitrogen and oxygen atoms in total. The summed E-state index contributed by atoms with van der Waals surface area (Å²) < 4.78 is 14.7. The number of aryl methyl sites for hydroxylation is 2. The Bertz CT molecular complexity index is 578. The molecule has 0 aliphatic heterocycles. The maximum Gasteiger partial charge on any atom is 0.303 e. The molecule has 1 aromatic carbocycles. The first-order valence-electron chi connectivity index (χ1n) is 5.59. The highest BCUT2D eigenvalue weighted by Crippen LogP contribution is 2.14. The van der Waals surface area contributed by atoms with Crippen LogP contribution in [-0.4, -0.2) is 20.9 Å². The second kappa shape index (κ2) is 5.00. The quantitative estimate of drug-likeness (QED) is 0.903. The van der Waals surface area contributed by atoms with E-state index in [-0.39, 0.29) is 12.2 Å². The smallest absolute Gasteiger partial charge is 0.303 e. The summed E-state index contributed by atoms with van der Waals surface area (Å²) in [7, 11) is 0. The second-order valence-corrected chi connectivity index (χ2v) is 4.06. The van der Waals surface area contributed by atoms with Crippen molar-refractivity contribution in [2.45, 2.75) is 19.8 Å². The first-order chi connectivity index (χ1) is 8.56. The lowest BCUT2D eigenvalue weighted by molar-refractivity contribution is -0.136. The van der Waals surface area contributed by atoms with Crippen LogP contribution in [-0.2, 0) is 11.2 Å². The standard InChI is InChI=1S/C13H13FN2O2/c1-9-7-11(5-6-13(17)18)15-16(9)12-4-2-3-10(14)8-12/h2-4,7-8H,5-6H2,1H3,(H,17,18). The summed E-state index contributed by atoms with van der Waals surface area (Å²) in [5, 5.41) is 12.9. The molecule has 0 atom stereocenters. The number of hydrogen-bond acceptors (Lipinski definition) is 2. The Morgan fingerprint density at radius 3 is 2.89 bits per heavy atom. The molecule has 2 rings (SSSR count). The number of aliphatic carboxylic acids is 1. The third-order valence-electron chi connectivity index (χ3n) is 2.59. The van der Waals surface area contributed by atoms with Crippen LogP contribution in [0.5, 0.6) is 0 Å². The van der Waals surface area contributed by atoms with Gasteiger partial charge in [0.25, 0.3) is 0 Å². The van der Waals surface area contributed by atoms with Crippen molar-refractivity contribution in [3.05, 3.63) is 47.5 Å². The number of carbonyl (C=O) groups is 1. The summed E-state index contributed by atoms with van der Waals surface area (Å²) in [6.07, 6.45) is 0.415. The zero-order valence-electron chi connectivity index (χ0n) is 9.93. The lowest BCUT2D eigenvalue weighted by atomic mass is 10.2. The topological polar surface area (TPSA) is 55.1 Å². The Hall–Kier alpha value is -2.17. The second-order valence-electron chi connectivity index (χ2n) is 4.06. The molecule has 0 bridgehead atoms. The summed E-state index contributed by atoms with van der Waals surface area (Å²) in [5.41, 5.74) is 2.18. The van der Waals surface area contributed by atoms with Crippen molar-refractivity contribution in [1.29, 1.82) is 0 Å². The van der Waals surface area contributed by atoms with E-state index in [4.69, 9.17) is 5.11 Å². The summed E-state index contributed by atoms with van der Waals surface area (Å²) in [6.45, 7) is 1.85. The molecule has 1 heterocycles. The minimum atomic E-state index is -0.854. The Morgan fingerprint density at radius 1 is 1.44 bits per heavy atom. The van der Waals surface area contributed by atoms with Crippen LogP contribution in [0.25, 0.3) is 5.69 Å². The minimum absolute atomic E-state index is 0.0413. The van der Waals surface area contributed by atoms with Gasteiger partial charge in [0.2, 0.25) is 0 Å². The molecule has 0 saturated heterocycles. The largest absolute Gasteiger partial charge is 0.481 e. The lowest BCUT2D eigenvalue weighted by Gasteiger charge is -2.03. The number of hydrogen-bond donors (Lipinski definition) is 1. The number of benzene rings is 1. The van der Waals surface area contributed by atoms with E-state index in [1.807, 2.05) is 13.0 Å². The number of nitrogens with zero attached hydrogens (tertiary/aromatic N) is 2. The monoisotopic (exact) mass is 248 g/mol. The normalized spacial score (nSPS) is 10.6. The van der Waals surface area contributed by atoms with E-state index in [0.29, 0.717) is 17.8 Å². The first-order valence-corrected chi connectivity index (χ1v) is 5.59. The molecule has 94 valence electrons. The number of carboxylic acids is 1. The van der Waals surface area contributed by atoms with E-state index in [2.05, 4.69) is 5.10 Å². The fourth-order valence-corrected chi connectivity index (χ4v) is 1.76. The van der Waals surface area contributed by atoms with Crippen LogP contribution in [0.3, 0.4) is 0 Å². The maximum absolute atomic E-state index is 13.1. The van der Waals surface area contributed by atoms with E-state index in [9.17, 15) is 9.18 Å². The highest BCUT2D eigenvalue weighted by atomic mass is 19.1. The average Bonchev–Trinajstić information content (AvgIpc) is 2.68. The van der Waals surface area contributed by atoms with Gasteiger partial charge in [0.1, 0.15) is 5.82 Å². The van der Waals surface area contributed by atoms with Crippen molar-refractivity contribution >= 4 is 5.97 Å². The molecule has 0 aliphatic carbocycles. The Labute approximate surface area is 104 Å². The van der Waals surface area contributed by atoms with Gasteiger partial charge in [-0.3, -0.25) is 4.79 Å². The van der Waals surface area contributed by atoms with Crippen LogP contribution in [0, 0.1) is 12.7 Å². The Kier molecular flexibility index (Phi) is 3.41. The van der Waals surface area contributed by atoms with E-state index < -0.39 is 5.97 Å². The number of aromatic nitrogens is 2. The lowest BCUT2D eigenvalue weighted by Crippen LogP contribution is -2.01. The van der Waals surface area contributed by atoms with Gasteiger partial charge in [0.05, 0.1) is 17.8 Å². The van der Waals surface area contributed by atoms with E-state index >= 15 is 0 Å². The van der Waals surface area contributed by atoms with Crippen molar-refractivity contribution in [1.82, 2.24) is 9.78 Å². The maximum atomic E-state index is 13.1. The summed E-state index contributed by atoms with van der Waals surface area (Å²) in [6, 6.07) is 7.94. The average molecular weight is 248 g/mol. The van der Waals surface area contributed by atoms with Crippen molar-refractivity contribution in [3.8, 4) is 5.69 Å². The van der Waals surface area contributed by atoms with Crippen molar-refractivity contribution in [3.63, 3.8) is 0 Å². The number of halogens is 1. The molecular weight excluding hydrogens is 235 g/mol. The molecule has 1 N–H and O–H groups in total. The SMILES string of the molecule is Cc1cc(CCC(=O)O)nn1-c1cccc(F)c1. The first kappa shape index (κ1) is 12.3. The van der Waals surface area contributed by atoms with Crippen LogP contribution in [0.4, 0.5) is 4.39 Å². The predicted octanol–water partition coefficient (Wildman–Crippen LogP) is 2.34. The summed E-state index contributed by atoms with van der Waals surface area (Å²) in [4.78, 5) is 10.5. The van der Waals surface area contributed by atoms with Crippen molar-refractivity contribution < 1.29 is 14.3 Å². The van der Waals surface area contributed by atoms with Gasteiger partial charge in [-0.15, -0.1) is 0 Å². The molecule has 0 unspecified atom stereocenters. The van der Waals surface area contributed by atoms with Crippen LogP contribution >= 0.6 is 0 Å². The van der Waals surface area contributed by atoms with Gasteiger partial charge in [-0.1, -0.05) is 6.07 Å². The molecule has 0 radical (unpaired) electrons. The molecule has 1 aromatic heterocycles. The van der Waals surface area contributed by atoms with Crippen molar-refractivity contribution in [2.24, 2.45) is 0 Å².